The number of aromatic hydroxyl groups is 2. The van der Waals surface area contributed by atoms with Gasteiger partial charge in [0.25, 0.3) is 5.91 Å². The van der Waals surface area contributed by atoms with Crippen molar-refractivity contribution in [1.82, 2.24) is 5.32 Å². The zero-order valence-corrected chi connectivity index (χ0v) is 10.6. The monoisotopic (exact) mass is 267 g/mol. The Morgan fingerprint density at radius 2 is 2.00 bits per heavy atom. The lowest BCUT2D eigenvalue weighted by atomic mass is 10.1. The molecule has 1 unspecified atom stereocenters. The molecule has 0 spiro atoms. The molecule has 0 bridgehead atoms. The number of hydrogen-bond acceptors (Lipinski definition) is 4. The highest BCUT2D eigenvalue weighted by Gasteiger charge is 2.14. The third-order valence-electron chi connectivity index (χ3n) is 2.78. The molecule has 0 fully saturated rings. The first-order chi connectivity index (χ1) is 8.93. The van der Waals surface area contributed by atoms with E-state index < -0.39 is 23.5 Å². The molecule has 1 atom stereocenters. The lowest BCUT2D eigenvalue weighted by Crippen LogP contribution is -2.25. The van der Waals surface area contributed by atoms with Gasteiger partial charge in [-0.15, -0.1) is 0 Å². The van der Waals surface area contributed by atoms with Crippen molar-refractivity contribution in [3.05, 3.63) is 23.8 Å². The van der Waals surface area contributed by atoms with Crippen LogP contribution in [0.5, 0.6) is 11.5 Å². The van der Waals surface area contributed by atoms with Gasteiger partial charge in [0.1, 0.15) is 0 Å². The maximum absolute atomic E-state index is 11.7. The fraction of sp³-hybridized carbons (Fsp3) is 0.385. The van der Waals surface area contributed by atoms with Crippen molar-refractivity contribution < 1.29 is 24.9 Å². The van der Waals surface area contributed by atoms with Crippen LogP contribution in [0.25, 0.3) is 0 Å². The third-order valence-corrected chi connectivity index (χ3v) is 2.78. The standard InChI is InChI=1S/C13H17NO5/c1-8(13(18)19)4-3-7-14-12(17)9-5-2-6-10(15)11(9)16/h2,5-6,8,15-16H,3-4,7H2,1H3,(H,14,17)(H,18,19). The summed E-state index contributed by atoms with van der Waals surface area (Å²) in [6.07, 6.45) is 0.987. The highest BCUT2D eigenvalue weighted by molar-refractivity contribution is 5.97. The molecule has 1 aromatic carbocycles. The molecule has 1 rings (SSSR count). The van der Waals surface area contributed by atoms with Crippen LogP contribution in [0.3, 0.4) is 0 Å². The van der Waals surface area contributed by atoms with Crippen LogP contribution in [0, 0.1) is 5.92 Å². The summed E-state index contributed by atoms with van der Waals surface area (Å²) in [5.41, 5.74) is -0.00807. The van der Waals surface area contributed by atoms with E-state index in [1.165, 1.54) is 18.2 Å². The van der Waals surface area contributed by atoms with E-state index in [2.05, 4.69) is 5.32 Å². The van der Waals surface area contributed by atoms with Crippen molar-refractivity contribution in [3.8, 4) is 11.5 Å². The van der Waals surface area contributed by atoms with Crippen LogP contribution in [0.1, 0.15) is 30.1 Å². The number of carboxylic acid groups (broad SMARTS) is 1. The molecule has 0 saturated carbocycles. The van der Waals surface area contributed by atoms with Crippen LogP contribution in [0.15, 0.2) is 18.2 Å². The second-order valence-electron chi connectivity index (χ2n) is 4.31. The number of carbonyl (C=O) groups is 2. The molecule has 0 heterocycles. The van der Waals surface area contributed by atoms with Gasteiger partial charge in [-0.25, -0.2) is 0 Å². The molecule has 6 heteroatoms. The Hall–Kier alpha value is -2.24. The van der Waals surface area contributed by atoms with Gasteiger partial charge in [0.2, 0.25) is 0 Å². The van der Waals surface area contributed by atoms with Crippen LogP contribution >= 0.6 is 0 Å². The number of hydrogen-bond donors (Lipinski definition) is 4. The minimum atomic E-state index is -0.864. The van der Waals surface area contributed by atoms with Crippen LogP contribution in [0.4, 0.5) is 0 Å². The summed E-state index contributed by atoms with van der Waals surface area (Å²) in [4.78, 5) is 22.3. The smallest absolute Gasteiger partial charge is 0.306 e. The number of phenolic OH excluding ortho intramolecular Hbond substituents is 2. The van der Waals surface area contributed by atoms with Crippen LogP contribution in [-0.2, 0) is 4.79 Å². The molecule has 6 nitrogen and oxygen atoms in total. The van der Waals surface area contributed by atoms with Gasteiger partial charge in [-0.2, -0.15) is 0 Å². The molecular formula is C13H17NO5. The highest BCUT2D eigenvalue weighted by Crippen LogP contribution is 2.27. The zero-order valence-electron chi connectivity index (χ0n) is 10.6. The highest BCUT2D eigenvalue weighted by atomic mass is 16.4. The molecule has 0 aliphatic rings. The summed E-state index contributed by atoms with van der Waals surface area (Å²) in [7, 11) is 0. The third kappa shape index (κ3) is 4.17. The van der Waals surface area contributed by atoms with Crippen molar-refractivity contribution in [2.45, 2.75) is 19.8 Å². The summed E-state index contributed by atoms with van der Waals surface area (Å²) in [5, 5.41) is 30.0. The van der Waals surface area contributed by atoms with Crippen LogP contribution in [-0.4, -0.2) is 33.7 Å². The Kier molecular flexibility index (Phi) is 5.17. The van der Waals surface area contributed by atoms with Crippen molar-refractivity contribution >= 4 is 11.9 Å². The van der Waals surface area contributed by atoms with Crippen LogP contribution in [0.2, 0.25) is 0 Å². The van der Waals surface area contributed by atoms with E-state index in [9.17, 15) is 19.8 Å². The lowest BCUT2D eigenvalue weighted by molar-refractivity contribution is -0.141. The predicted molar refractivity (Wildman–Crippen MR) is 68.1 cm³/mol. The normalized spacial score (nSPS) is 11.8. The van der Waals surface area contributed by atoms with E-state index in [1.54, 1.807) is 6.92 Å². The predicted octanol–water partition coefficient (Wildman–Crippen LogP) is 1.33. The molecule has 0 aliphatic heterocycles. The Balaban J connectivity index is 2.44. The first-order valence-corrected chi connectivity index (χ1v) is 5.95. The lowest BCUT2D eigenvalue weighted by Gasteiger charge is -2.09. The van der Waals surface area contributed by atoms with Crippen molar-refractivity contribution in [2.24, 2.45) is 5.92 Å². The summed E-state index contributed by atoms with van der Waals surface area (Å²) < 4.78 is 0. The quantitative estimate of drug-likeness (QED) is 0.459. The number of phenols is 2. The molecule has 0 aliphatic carbocycles. The van der Waals surface area contributed by atoms with Gasteiger partial charge in [-0.1, -0.05) is 13.0 Å². The van der Waals surface area contributed by atoms with Gasteiger partial charge in [-0.3, -0.25) is 9.59 Å². The van der Waals surface area contributed by atoms with Crippen molar-refractivity contribution in [3.63, 3.8) is 0 Å². The van der Waals surface area contributed by atoms with E-state index in [-0.39, 0.29) is 11.3 Å². The SMILES string of the molecule is CC(CCCNC(=O)c1cccc(O)c1O)C(=O)O. The Morgan fingerprint density at radius 1 is 1.32 bits per heavy atom. The van der Waals surface area contributed by atoms with Crippen molar-refractivity contribution in [1.29, 1.82) is 0 Å². The average Bonchev–Trinajstić information content (AvgIpc) is 2.37. The summed E-state index contributed by atoms with van der Waals surface area (Å²) in [5.74, 6) is -2.63. The minimum absolute atomic E-state index is 0.00807. The first-order valence-electron chi connectivity index (χ1n) is 5.95. The summed E-state index contributed by atoms with van der Waals surface area (Å²) >= 11 is 0. The number of rotatable bonds is 6. The largest absolute Gasteiger partial charge is 0.504 e. The Morgan fingerprint density at radius 3 is 2.63 bits per heavy atom. The Labute approximate surface area is 110 Å². The number of nitrogens with one attached hydrogen (secondary N) is 1. The molecule has 104 valence electrons. The van der Waals surface area contributed by atoms with Gasteiger partial charge < -0.3 is 20.6 Å². The van der Waals surface area contributed by atoms with Gasteiger partial charge in [-0.05, 0) is 25.0 Å². The number of carbonyl (C=O) groups excluding carboxylic acids is 1. The van der Waals surface area contributed by atoms with E-state index in [4.69, 9.17) is 5.11 Å². The number of benzene rings is 1. The fourth-order valence-corrected chi connectivity index (χ4v) is 1.54. The topological polar surface area (TPSA) is 107 Å². The first kappa shape index (κ1) is 14.8. The van der Waals surface area contributed by atoms with Gasteiger partial charge in [0.15, 0.2) is 11.5 Å². The number of para-hydroxylation sites is 1. The molecule has 0 radical (unpaired) electrons. The zero-order chi connectivity index (χ0) is 14.4. The molecule has 0 aromatic heterocycles. The molecule has 1 aromatic rings. The number of amides is 1. The number of aliphatic carboxylic acids is 1. The van der Waals surface area contributed by atoms with Gasteiger partial charge in [0, 0.05) is 6.54 Å². The molecule has 19 heavy (non-hydrogen) atoms. The maximum atomic E-state index is 11.7. The van der Waals surface area contributed by atoms with E-state index in [0.717, 1.165) is 0 Å². The summed E-state index contributed by atoms with van der Waals surface area (Å²) in [6, 6.07) is 4.13. The minimum Gasteiger partial charge on any atom is -0.504 e. The molecule has 4 N–H and O–H groups in total. The maximum Gasteiger partial charge on any atom is 0.306 e. The van der Waals surface area contributed by atoms with Gasteiger partial charge >= 0.3 is 5.97 Å². The molecule has 1 amide bonds. The van der Waals surface area contributed by atoms with Crippen LogP contribution < -0.4 is 5.32 Å². The average molecular weight is 267 g/mol. The van der Waals surface area contributed by atoms with Crippen molar-refractivity contribution in [2.75, 3.05) is 6.54 Å². The molecule has 0 saturated heterocycles. The van der Waals surface area contributed by atoms with Gasteiger partial charge in [0.05, 0.1) is 11.5 Å². The summed E-state index contributed by atoms with van der Waals surface area (Å²) in [6.45, 7) is 1.91. The Bertz CT molecular complexity index is 472. The van der Waals surface area contributed by atoms with E-state index in [0.29, 0.717) is 19.4 Å². The number of carboxylic acids is 1. The second-order valence-corrected chi connectivity index (χ2v) is 4.31. The fourth-order valence-electron chi connectivity index (χ4n) is 1.54. The second kappa shape index (κ2) is 6.63. The molecular weight excluding hydrogens is 250 g/mol. The van der Waals surface area contributed by atoms with E-state index >= 15 is 0 Å². The van der Waals surface area contributed by atoms with E-state index in [1.807, 2.05) is 0 Å².